The average Bonchev–Trinajstić information content (AvgIpc) is 3.36. The highest BCUT2D eigenvalue weighted by Crippen LogP contribution is 2.19. The van der Waals surface area contributed by atoms with Gasteiger partial charge in [-0.05, 0) is 30.3 Å². The second kappa shape index (κ2) is 7.74. The van der Waals surface area contributed by atoms with Crippen LogP contribution in [0.3, 0.4) is 0 Å². The zero-order valence-electron chi connectivity index (χ0n) is 14.7. The highest BCUT2D eigenvalue weighted by molar-refractivity contribution is 7.88. The van der Waals surface area contributed by atoms with E-state index in [9.17, 15) is 8.42 Å². The normalized spacial score (nSPS) is 11.7. The molecule has 3 heterocycles. The Labute approximate surface area is 160 Å². The molecular weight excluding hydrogens is 382 g/mol. The van der Waals surface area contributed by atoms with E-state index in [1.807, 2.05) is 6.07 Å². The van der Waals surface area contributed by atoms with E-state index in [1.54, 1.807) is 53.5 Å². The number of rotatable bonds is 8. The van der Waals surface area contributed by atoms with Crippen molar-refractivity contribution in [2.24, 2.45) is 0 Å². The summed E-state index contributed by atoms with van der Waals surface area (Å²) in [5.74, 6) is 0.885. The lowest BCUT2D eigenvalue weighted by Gasteiger charge is -2.07. The van der Waals surface area contributed by atoms with Gasteiger partial charge in [0.15, 0.2) is 11.4 Å². The molecule has 0 bridgehead atoms. The second-order valence-electron chi connectivity index (χ2n) is 5.93. The van der Waals surface area contributed by atoms with Crippen LogP contribution in [-0.4, -0.2) is 46.6 Å². The van der Waals surface area contributed by atoms with Gasteiger partial charge in [-0.25, -0.2) is 17.8 Å². The number of nitrogens with one attached hydrogen (secondary N) is 2. The first-order chi connectivity index (χ1) is 13.6. The van der Waals surface area contributed by atoms with Crippen molar-refractivity contribution in [3.63, 3.8) is 0 Å². The van der Waals surface area contributed by atoms with Crippen LogP contribution in [0.1, 0.15) is 5.69 Å². The van der Waals surface area contributed by atoms with Crippen LogP contribution in [0.15, 0.2) is 59.4 Å². The van der Waals surface area contributed by atoms with Gasteiger partial charge in [0.25, 0.3) is 0 Å². The predicted octanol–water partition coefficient (Wildman–Crippen LogP) is 1.33. The number of anilines is 1. The van der Waals surface area contributed by atoms with E-state index in [0.717, 1.165) is 0 Å². The third-order valence-electron chi connectivity index (χ3n) is 3.92. The Morgan fingerprint density at radius 2 is 1.93 bits per heavy atom. The highest BCUT2D eigenvalue weighted by atomic mass is 32.2. The first-order valence-corrected chi connectivity index (χ1v) is 10.1. The number of aromatic nitrogens is 5. The minimum Gasteiger partial charge on any atom is -0.367 e. The molecule has 4 aromatic rings. The molecule has 11 heteroatoms. The summed E-state index contributed by atoms with van der Waals surface area (Å²) in [6, 6.07) is 12.5. The molecule has 0 amide bonds. The van der Waals surface area contributed by atoms with Gasteiger partial charge >= 0.3 is 0 Å². The number of hydrogen-bond acceptors (Lipinski definition) is 8. The monoisotopic (exact) mass is 399 g/mol. The molecule has 4 rings (SSSR count). The maximum Gasteiger partial charge on any atom is 0.217 e. The topological polar surface area (TPSA) is 128 Å². The molecular formula is C17H17N7O3S. The number of sulfonamides is 1. The Balaban J connectivity index is 1.28. The van der Waals surface area contributed by atoms with Gasteiger partial charge in [-0.1, -0.05) is 17.3 Å². The fourth-order valence-corrected chi connectivity index (χ4v) is 3.70. The third kappa shape index (κ3) is 4.15. The van der Waals surface area contributed by atoms with Gasteiger partial charge in [0, 0.05) is 30.9 Å². The lowest BCUT2D eigenvalue weighted by molar-refractivity contribution is 0.448. The molecule has 0 atom stereocenters. The number of benzene rings is 1. The molecule has 144 valence electrons. The molecule has 3 aromatic heterocycles. The lowest BCUT2D eigenvalue weighted by Crippen LogP contribution is -2.30. The summed E-state index contributed by atoms with van der Waals surface area (Å²) in [7, 11) is -3.55. The average molecular weight is 399 g/mol. The summed E-state index contributed by atoms with van der Waals surface area (Å²) in [5, 5.41) is 19.7. The van der Waals surface area contributed by atoms with Crippen molar-refractivity contribution in [2.75, 3.05) is 18.4 Å². The summed E-state index contributed by atoms with van der Waals surface area (Å²) < 4.78 is 33.8. The molecule has 0 spiro atoms. The highest BCUT2D eigenvalue weighted by Gasteiger charge is 2.16. The zero-order chi connectivity index (χ0) is 19.4. The van der Waals surface area contributed by atoms with Gasteiger partial charge in [0.05, 0.1) is 0 Å². The van der Waals surface area contributed by atoms with Crippen molar-refractivity contribution in [1.29, 1.82) is 0 Å². The van der Waals surface area contributed by atoms with Crippen molar-refractivity contribution in [2.45, 2.75) is 5.75 Å². The quantitative estimate of drug-likeness (QED) is 0.425. The summed E-state index contributed by atoms with van der Waals surface area (Å²) in [4.78, 5) is 0. The number of para-hydroxylation sites is 1. The molecule has 28 heavy (non-hydrogen) atoms. The van der Waals surface area contributed by atoms with Crippen LogP contribution in [0.25, 0.3) is 16.8 Å². The smallest absolute Gasteiger partial charge is 0.217 e. The molecule has 0 saturated heterocycles. The minimum absolute atomic E-state index is 0.195. The minimum atomic E-state index is -3.55. The van der Waals surface area contributed by atoms with Crippen LogP contribution < -0.4 is 10.0 Å². The van der Waals surface area contributed by atoms with Gasteiger partial charge in [0.2, 0.25) is 10.0 Å². The van der Waals surface area contributed by atoms with Crippen LogP contribution in [0.2, 0.25) is 0 Å². The summed E-state index contributed by atoms with van der Waals surface area (Å²) >= 11 is 0. The number of hydrogen-bond donors (Lipinski definition) is 2. The van der Waals surface area contributed by atoms with Gasteiger partial charge in [-0.15, -0.1) is 10.2 Å². The molecule has 0 aliphatic rings. The maximum atomic E-state index is 12.3. The number of nitrogens with zero attached hydrogens (tertiary/aromatic N) is 5. The molecule has 0 aliphatic carbocycles. The first-order valence-electron chi connectivity index (χ1n) is 8.49. The van der Waals surface area contributed by atoms with E-state index in [4.69, 9.17) is 4.52 Å². The lowest BCUT2D eigenvalue weighted by atomic mass is 10.2. The fourth-order valence-electron chi connectivity index (χ4n) is 2.62. The van der Waals surface area contributed by atoms with Gasteiger partial charge in [-0.3, -0.25) is 0 Å². The number of fused-ring (bicyclic) bond motifs is 1. The predicted molar refractivity (Wildman–Crippen MR) is 102 cm³/mol. The van der Waals surface area contributed by atoms with E-state index < -0.39 is 10.0 Å². The van der Waals surface area contributed by atoms with Crippen molar-refractivity contribution in [1.82, 2.24) is 29.9 Å². The molecule has 0 unspecified atom stereocenters. The fraction of sp³-hybridized carbons (Fsp3) is 0.176. The van der Waals surface area contributed by atoms with Crippen molar-refractivity contribution in [3.05, 3.63) is 60.6 Å². The van der Waals surface area contributed by atoms with Crippen LogP contribution >= 0.6 is 0 Å². The molecule has 0 saturated carbocycles. The van der Waals surface area contributed by atoms with Crippen LogP contribution in [0, 0.1) is 0 Å². The van der Waals surface area contributed by atoms with E-state index in [2.05, 4.69) is 30.5 Å². The zero-order valence-corrected chi connectivity index (χ0v) is 15.5. The van der Waals surface area contributed by atoms with Crippen LogP contribution in [0.4, 0.5) is 5.82 Å². The van der Waals surface area contributed by atoms with E-state index in [-0.39, 0.29) is 12.3 Å². The van der Waals surface area contributed by atoms with E-state index in [1.165, 1.54) is 0 Å². The Morgan fingerprint density at radius 1 is 1.04 bits per heavy atom. The van der Waals surface area contributed by atoms with Crippen LogP contribution in [0.5, 0.6) is 0 Å². The standard InChI is InChI=1S/C17H17N7O3S/c25-28(26,12-14-13-4-1-2-5-15(13)27-23-14)20-10-9-18-16-6-7-17(22-21-16)24-11-3-8-19-24/h1-8,11,20H,9-10,12H2,(H,18,21). The molecule has 0 fully saturated rings. The summed E-state index contributed by atoms with van der Waals surface area (Å²) in [6.45, 7) is 0.551. The first kappa shape index (κ1) is 18.1. The molecule has 1 aromatic carbocycles. The SMILES string of the molecule is O=S(=O)(Cc1noc2ccccc12)NCCNc1ccc(-n2cccn2)nn1. The Bertz CT molecular complexity index is 1160. The Hall–Kier alpha value is -3.31. The third-order valence-corrected chi connectivity index (χ3v) is 5.22. The van der Waals surface area contributed by atoms with Crippen LogP contribution in [-0.2, 0) is 15.8 Å². The summed E-state index contributed by atoms with van der Waals surface area (Å²) in [6.07, 6.45) is 3.42. The maximum absolute atomic E-state index is 12.3. The van der Waals surface area contributed by atoms with Gasteiger partial charge in [-0.2, -0.15) is 5.10 Å². The summed E-state index contributed by atoms with van der Waals surface area (Å²) in [5.41, 5.74) is 0.947. The molecule has 10 nitrogen and oxygen atoms in total. The van der Waals surface area contributed by atoms with Gasteiger partial charge in [0.1, 0.15) is 17.3 Å². The van der Waals surface area contributed by atoms with Gasteiger partial charge < -0.3 is 9.84 Å². The Morgan fingerprint density at radius 3 is 2.71 bits per heavy atom. The molecule has 0 aliphatic heterocycles. The second-order valence-corrected chi connectivity index (χ2v) is 7.74. The van der Waals surface area contributed by atoms with E-state index in [0.29, 0.717) is 34.8 Å². The van der Waals surface area contributed by atoms with Crippen molar-refractivity contribution < 1.29 is 12.9 Å². The van der Waals surface area contributed by atoms with Crippen molar-refractivity contribution in [3.8, 4) is 5.82 Å². The molecule has 2 N–H and O–H groups in total. The van der Waals surface area contributed by atoms with E-state index >= 15 is 0 Å². The Kier molecular flexibility index (Phi) is 5.00. The molecule has 0 radical (unpaired) electrons. The van der Waals surface area contributed by atoms with Crippen molar-refractivity contribution >= 4 is 26.8 Å². The largest absolute Gasteiger partial charge is 0.367 e.